The molecule has 1 aliphatic rings. The number of likely N-dealkylation sites (tertiary alicyclic amines) is 1. The van der Waals surface area contributed by atoms with E-state index >= 15 is 0 Å². The van der Waals surface area contributed by atoms with Crippen molar-refractivity contribution in [1.82, 2.24) is 23.8 Å². The summed E-state index contributed by atoms with van der Waals surface area (Å²) in [5.41, 5.74) is 2.17. The molecule has 1 atom stereocenters. The Hall–Kier alpha value is -4.60. The van der Waals surface area contributed by atoms with Gasteiger partial charge in [-0.05, 0) is 43.2 Å². The lowest BCUT2D eigenvalue weighted by Crippen LogP contribution is -2.31. The van der Waals surface area contributed by atoms with Crippen molar-refractivity contribution in [1.29, 1.82) is 0 Å². The standard InChI is InChI=1S/C27H27N5O5/c1-17-23(31-12-5-4-7-21(31)29-17)25(33)22-24(18-8-9-19(36-2)20(15-18)37-3)32(27(35)26(22)34)13-6-11-30-14-10-28-16-30/h4-5,7-10,12,14-16,24,33H,6,11,13H2,1-3H3/b25-22+/t24-/m0/s1. The molecule has 10 heteroatoms. The number of rotatable bonds is 8. The highest BCUT2D eigenvalue weighted by Gasteiger charge is 2.46. The first-order valence-electron chi connectivity index (χ1n) is 11.8. The first kappa shape index (κ1) is 24.1. The molecule has 0 spiro atoms. The molecule has 1 saturated heterocycles. The van der Waals surface area contributed by atoms with Crippen LogP contribution in [0.3, 0.4) is 0 Å². The molecule has 4 heterocycles. The molecule has 5 rings (SSSR count). The molecule has 4 aromatic rings. The summed E-state index contributed by atoms with van der Waals surface area (Å²) in [6.45, 7) is 2.67. The Balaban J connectivity index is 1.63. The third-order valence-electron chi connectivity index (χ3n) is 6.57. The van der Waals surface area contributed by atoms with Crippen molar-refractivity contribution in [3.05, 3.63) is 83.8 Å². The van der Waals surface area contributed by atoms with Gasteiger partial charge >= 0.3 is 0 Å². The molecular formula is C27H27N5O5. The fourth-order valence-corrected chi connectivity index (χ4v) is 4.85. The Morgan fingerprint density at radius 1 is 1.05 bits per heavy atom. The smallest absolute Gasteiger partial charge is 0.295 e. The van der Waals surface area contributed by atoms with E-state index in [1.807, 2.05) is 29.0 Å². The number of imidazole rings is 2. The molecule has 0 saturated carbocycles. The summed E-state index contributed by atoms with van der Waals surface area (Å²) in [5.74, 6) is -0.717. The molecule has 1 aromatic carbocycles. The third kappa shape index (κ3) is 4.20. The predicted octanol–water partition coefficient (Wildman–Crippen LogP) is 3.37. The van der Waals surface area contributed by atoms with E-state index in [1.165, 1.54) is 19.1 Å². The highest BCUT2D eigenvalue weighted by atomic mass is 16.5. The number of ketones is 1. The number of nitrogens with zero attached hydrogens (tertiary/aromatic N) is 5. The summed E-state index contributed by atoms with van der Waals surface area (Å²) in [7, 11) is 3.05. The first-order chi connectivity index (χ1) is 17.9. The van der Waals surface area contributed by atoms with Crippen molar-refractivity contribution in [3.63, 3.8) is 0 Å². The number of fused-ring (bicyclic) bond motifs is 1. The molecule has 0 aliphatic carbocycles. The molecule has 3 aromatic heterocycles. The van der Waals surface area contributed by atoms with Crippen molar-refractivity contribution < 1.29 is 24.2 Å². The van der Waals surface area contributed by atoms with Crippen LogP contribution in [0, 0.1) is 6.92 Å². The van der Waals surface area contributed by atoms with Crippen LogP contribution in [0.4, 0.5) is 0 Å². The average Bonchev–Trinajstić information content (AvgIpc) is 3.61. The quantitative estimate of drug-likeness (QED) is 0.224. The summed E-state index contributed by atoms with van der Waals surface area (Å²) in [6, 6.07) is 9.86. The lowest BCUT2D eigenvalue weighted by molar-refractivity contribution is -0.139. The van der Waals surface area contributed by atoms with E-state index in [0.29, 0.717) is 53.6 Å². The van der Waals surface area contributed by atoms with Gasteiger partial charge in [-0.2, -0.15) is 0 Å². The maximum absolute atomic E-state index is 13.4. The summed E-state index contributed by atoms with van der Waals surface area (Å²) >= 11 is 0. The van der Waals surface area contributed by atoms with Crippen LogP contribution in [0.1, 0.15) is 29.4 Å². The van der Waals surface area contributed by atoms with Crippen LogP contribution in [0.2, 0.25) is 0 Å². The lowest BCUT2D eigenvalue weighted by atomic mass is 9.95. The SMILES string of the molecule is COc1ccc([C@H]2/C(=C(\O)c3c(C)nc4ccccn34)C(=O)C(=O)N2CCCn2ccnc2)cc1OC. The van der Waals surface area contributed by atoms with E-state index in [4.69, 9.17) is 9.47 Å². The number of aromatic nitrogens is 4. The number of pyridine rings is 1. The minimum absolute atomic E-state index is 0.00797. The number of hydrogen-bond acceptors (Lipinski definition) is 7. The van der Waals surface area contributed by atoms with Gasteiger partial charge in [0.25, 0.3) is 11.7 Å². The summed E-state index contributed by atoms with van der Waals surface area (Å²) in [6.07, 6.45) is 7.58. The van der Waals surface area contributed by atoms with Crippen molar-refractivity contribution >= 4 is 23.1 Å². The highest BCUT2D eigenvalue weighted by Crippen LogP contribution is 2.42. The summed E-state index contributed by atoms with van der Waals surface area (Å²) in [5, 5.41) is 11.6. The second-order valence-corrected chi connectivity index (χ2v) is 8.74. The average molecular weight is 502 g/mol. The lowest BCUT2D eigenvalue weighted by Gasteiger charge is -2.26. The zero-order valence-electron chi connectivity index (χ0n) is 20.8. The minimum atomic E-state index is -0.823. The molecule has 0 radical (unpaired) electrons. The molecular weight excluding hydrogens is 474 g/mol. The largest absolute Gasteiger partial charge is 0.505 e. The van der Waals surface area contributed by atoms with E-state index in [2.05, 4.69) is 9.97 Å². The van der Waals surface area contributed by atoms with E-state index in [0.717, 1.165) is 0 Å². The Labute approximate surface area is 213 Å². The monoisotopic (exact) mass is 501 g/mol. The van der Waals surface area contributed by atoms with Gasteiger partial charge in [-0.3, -0.25) is 14.0 Å². The highest BCUT2D eigenvalue weighted by molar-refractivity contribution is 6.46. The summed E-state index contributed by atoms with van der Waals surface area (Å²) < 4.78 is 14.5. The van der Waals surface area contributed by atoms with Crippen LogP contribution in [0.5, 0.6) is 11.5 Å². The van der Waals surface area contributed by atoms with Crippen LogP contribution in [-0.2, 0) is 16.1 Å². The van der Waals surface area contributed by atoms with E-state index in [1.54, 1.807) is 48.2 Å². The van der Waals surface area contributed by atoms with Gasteiger partial charge in [-0.15, -0.1) is 0 Å². The molecule has 190 valence electrons. The van der Waals surface area contributed by atoms with Gasteiger partial charge in [0, 0.05) is 31.7 Å². The predicted molar refractivity (Wildman–Crippen MR) is 135 cm³/mol. The molecule has 10 nitrogen and oxygen atoms in total. The van der Waals surface area contributed by atoms with Gasteiger partial charge in [0.1, 0.15) is 11.3 Å². The van der Waals surface area contributed by atoms with E-state index in [9.17, 15) is 14.7 Å². The van der Waals surface area contributed by atoms with Crippen LogP contribution >= 0.6 is 0 Å². The molecule has 0 unspecified atom stereocenters. The number of Topliss-reactive ketones (excluding diaryl/α,β-unsaturated/α-hetero) is 1. The minimum Gasteiger partial charge on any atom is -0.505 e. The number of aliphatic hydroxyl groups excluding tert-OH is 1. The fourth-order valence-electron chi connectivity index (χ4n) is 4.85. The Kier molecular flexibility index (Phi) is 6.39. The van der Waals surface area contributed by atoms with Gasteiger partial charge in [0.15, 0.2) is 17.3 Å². The number of benzene rings is 1. The van der Waals surface area contributed by atoms with Crippen molar-refractivity contribution in [2.24, 2.45) is 0 Å². The van der Waals surface area contributed by atoms with Crippen molar-refractivity contribution in [2.75, 3.05) is 20.8 Å². The van der Waals surface area contributed by atoms with Gasteiger partial charge in [0.2, 0.25) is 0 Å². The maximum atomic E-state index is 13.4. The zero-order valence-corrected chi connectivity index (χ0v) is 20.8. The molecule has 1 N–H and O–H groups in total. The molecule has 0 bridgehead atoms. The van der Waals surface area contributed by atoms with Crippen LogP contribution in [-0.4, -0.2) is 61.4 Å². The zero-order chi connectivity index (χ0) is 26.1. The van der Waals surface area contributed by atoms with E-state index < -0.39 is 17.7 Å². The number of aryl methyl sites for hydroxylation is 2. The van der Waals surface area contributed by atoms with Crippen LogP contribution < -0.4 is 9.47 Å². The molecule has 1 amide bonds. The number of methoxy groups -OCH3 is 2. The summed E-state index contributed by atoms with van der Waals surface area (Å²) in [4.78, 5) is 36.8. The first-order valence-corrected chi connectivity index (χ1v) is 11.8. The number of amides is 1. The van der Waals surface area contributed by atoms with Gasteiger partial charge in [-0.25, -0.2) is 9.97 Å². The van der Waals surface area contributed by atoms with Gasteiger partial charge in [0.05, 0.1) is 37.9 Å². The van der Waals surface area contributed by atoms with Crippen molar-refractivity contribution in [2.45, 2.75) is 25.9 Å². The number of hydrogen-bond donors (Lipinski definition) is 1. The normalized spacial score (nSPS) is 17.1. The van der Waals surface area contributed by atoms with Crippen LogP contribution in [0.15, 0.2) is 66.9 Å². The fraction of sp³-hybridized carbons (Fsp3) is 0.259. The van der Waals surface area contributed by atoms with E-state index in [-0.39, 0.29) is 11.3 Å². The number of carbonyl (C=O) groups excluding carboxylic acids is 2. The van der Waals surface area contributed by atoms with Crippen LogP contribution in [0.25, 0.3) is 11.4 Å². The molecule has 1 aliphatic heterocycles. The second-order valence-electron chi connectivity index (χ2n) is 8.74. The molecule has 37 heavy (non-hydrogen) atoms. The number of aliphatic hydroxyl groups is 1. The number of ether oxygens (including phenoxy) is 2. The Bertz CT molecular complexity index is 1500. The Morgan fingerprint density at radius 3 is 2.59 bits per heavy atom. The third-order valence-corrected chi connectivity index (χ3v) is 6.57. The topological polar surface area (TPSA) is 111 Å². The number of carbonyl (C=O) groups is 2. The van der Waals surface area contributed by atoms with Gasteiger partial charge in [-0.1, -0.05) is 12.1 Å². The molecule has 1 fully saturated rings. The Morgan fingerprint density at radius 2 is 1.86 bits per heavy atom. The van der Waals surface area contributed by atoms with Crippen molar-refractivity contribution in [3.8, 4) is 11.5 Å². The maximum Gasteiger partial charge on any atom is 0.295 e. The second kappa shape index (κ2) is 9.81. The van der Waals surface area contributed by atoms with Gasteiger partial charge < -0.3 is 24.0 Å².